The lowest BCUT2D eigenvalue weighted by Gasteiger charge is -2.12. The van der Waals surface area contributed by atoms with E-state index in [0.29, 0.717) is 5.82 Å². The van der Waals surface area contributed by atoms with E-state index in [2.05, 4.69) is 11.9 Å². The SMILES string of the molecule is CCCOc1ccccc1-c1ccc(N)nc1C. The van der Waals surface area contributed by atoms with Crippen LogP contribution in [0.4, 0.5) is 5.82 Å². The van der Waals surface area contributed by atoms with Crippen LogP contribution in [0.1, 0.15) is 19.0 Å². The summed E-state index contributed by atoms with van der Waals surface area (Å²) in [7, 11) is 0. The average molecular weight is 242 g/mol. The molecule has 0 amide bonds. The highest BCUT2D eigenvalue weighted by Gasteiger charge is 2.09. The number of hydrogen-bond acceptors (Lipinski definition) is 3. The third-order valence-corrected chi connectivity index (χ3v) is 2.75. The molecular weight excluding hydrogens is 224 g/mol. The molecule has 2 N–H and O–H groups in total. The third kappa shape index (κ3) is 2.62. The van der Waals surface area contributed by atoms with Gasteiger partial charge in [-0.2, -0.15) is 0 Å². The summed E-state index contributed by atoms with van der Waals surface area (Å²) < 4.78 is 5.77. The molecule has 0 aliphatic rings. The average Bonchev–Trinajstić information content (AvgIpc) is 2.37. The van der Waals surface area contributed by atoms with Crippen molar-refractivity contribution < 1.29 is 4.74 Å². The van der Waals surface area contributed by atoms with E-state index in [1.54, 1.807) is 0 Å². The Morgan fingerprint density at radius 2 is 1.89 bits per heavy atom. The van der Waals surface area contributed by atoms with Gasteiger partial charge in [0.1, 0.15) is 11.6 Å². The molecule has 2 aromatic rings. The molecule has 0 aliphatic heterocycles. The molecule has 0 atom stereocenters. The van der Waals surface area contributed by atoms with E-state index in [9.17, 15) is 0 Å². The summed E-state index contributed by atoms with van der Waals surface area (Å²) in [6, 6.07) is 11.8. The minimum absolute atomic E-state index is 0.545. The highest BCUT2D eigenvalue weighted by Crippen LogP contribution is 2.31. The molecule has 1 heterocycles. The Labute approximate surface area is 108 Å². The molecule has 0 aliphatic carbocycles. The first-order chi connectivity index (χ1) is 8.72. The van der Waals surface area contributed by atoms with Crippen LogP contribution in [0, 0.1) is 6.92 Å². The van der Waals surface area contributed by atoms with E-state index in [1.165, 1.54) is 0 Å². The van der Waals surface area contributed by atoms with E-state index in [1.807, 2.05) is 43.3 Å². The number of anilines is 1. The fraction of sp³-hybridized carbons (Fsp3) is 0.267. The summed E-state index contributed by atoms with van der Waals surface area (Å²) in [5.41, 5.74) is 8.73. The van der Waals surface area contributed by atoms with E-state index >= 15 is 0 Å². The smallest absolute Gasteiger partial charge is 0.127 e. The Bertz CT molecular complexity index is 538. The first kappa shape index (κ1) is 12.4. The Morgan fingerprint density at radius 3 is 2.61 bits per heavy atom. The van der Waals surface area contributed by atoms with Gasteiger partial charge in [-0.05, 0) is 31.5 Å². The lowest BCUT2D eigenvalue weighted by molar-refractivity contribution is 0.318. The van der Waals surface area contributed by atoms with Crippen molar-refractivity contribution in [2.75, 3.05) is 12.3 Å². The van der Waals surface area contributed by atoms with Gasteiger partial charge in [0.2, 0.25) is 0 Å². The molecule has 3 nitrogen and oxygen atoms in total. The van der Waals surface area contributed by atoms with E-state index in [-0.39, 0.29) is 0 Å². The molecule has 2 rings (SSSR count). The lowest BCUT2D eigenvalue weighted by atomic mass is 10.0. The number of pyridine rings is 1. The van der Waals surface area contributed by atoms with E-state index < -0.39 is 0 Å². The molecule has 0 unspecified atom stereocenters. The fourth-order valence-electron chi connectivity index (χ4n) is 1.89. The molecule has 3 heteroatoms. The zero-order valence-corrected chi connectivity index (χ0v) is 10.8. The first-order valence-corrected chi connectivity index (χ1v) is 6.17. The first-order valence-electron chi connectivity index (χ1n) is 6.17. The molecule has 0 spiro atoms. The third-order valence-electron chi connectivity index (χ3n) is 2.75. The Balaban J connectivity index is 2.43. The number of aryl methyl sites for hydroxylation is 1. The number of nitrogens with zero attached hydrogens (tertiary/aromatic N) is 1. The van der Waals surface area contributed by atoms with Gasteiger partial charge in [-0.15, -0.1) is 0 Å². The molecule has 1 aromatic heterocycles. The van der Waals surface area contributed by atoms with Gasteiger partial charge in [0.15, 0.2) is 0 Å². The second-order valence-electron chi connectivity index (χ2n) is 4.21. The van der Waals surface area contributed by atoms with Crippen LogP contribution in [0.5, 0.6) is 5.75 Å². The summed E-state index contributed by atoms with van der Waals surface area (Å²) in [6.45, 7) is 4.78. The number of nitrogens with two attached hydrogens (primary N) is 1. The van der Waals surface area contributed by atoms with Crippen molar-refractivity contribution in [3.05, 3.63) is 42.1 Å². The normalized spacial score (nSPS) is 10.3. The van der Waals surface area contributed by atoms with Crippen LogP contribution in [0.3, 0.4) is 0 Å². The van der Waals surface area contributed by atoms with Crippen molar-refractivity contribution in [3.63, 3.8) is 0 Å². The largest absolute Gasteiger partial charge is 0.493 e. The summed E-state index contributed by atoms with van der Waals surface area (Å²) in [4.78, 5) is 4.29. The van der Waals surface area contributed by atoms with Gasteiger partial charge in [0.25, 0.3) is 0 Å². The van der Waals surface area contributed by atoms with Crippen molar-refractivity contribution in [1.82, 2.24) is 4.98 Å². The van der Waals surface area contributed by atoms with Crippen LogP contribution in [0.15, 0.2) is 36.4 Å². The summed E-state index contributed by atoms with van der Waals surface area (Å²) in [5.74, 6) is 1.44. The molecular formula is C15H18N2O. The van der Waals surface area contributed by atoms with Gasteiger partial charge in [-0.3, -0.25) is 0 Å². The summed E-state index contributed by atoms with van der Waals surface area (Å²) in [6.07, 6.45) is 0.993. The molecule has 1 aromatic carbocycles. The van der Waals surface area contributed by atoms with Crippen molar-refractivity contribution >= 4 is 5.82 Å². The summed E-state index contributed by atoms with van der Waals surface area (Å²) in [5, 5.41) is 0. The maximum absolute atomic E-state index is 5.77. The Hall–Kier alpha value is -2.03. The van der Waals surface area contributed by atoms with Crippen LogP contribution in [-0.4, -0.2) is 11.6 Å². The number of nitrogen functional groups attached to an aromatic ring is 1. The summed E-state index contributed by atoms with van der Waals surface area (Å²) >= 11 is 0. The quantitative estimate of drug-likeness (QED) is 0.893. The van der Waals surface area contributed by atoms with Crippen molar-refractivity contribution in [2.45, 2.75) is 20.3 Å². The zero-order valence-electron chi connectivity index (χ0n) is 10.8. The number of ether oxygens (including phenoxy) is 1. The van der Waals surface area contributed by atoms with Gasteiger partial charge >= 0.3 is 0 Å². The minimum atomic E-state index is 0.545. The molecule has 0 bridgehead atoms. The second kappa shape index (κ2) is 5.54. The molecule has 94 valence electrons. The van der Waals surface area contributed by atoms with Gasteiger partial charge in [-0.1, -0.05) is 25.1 Å². The van der Waals surface area contributed by atoms with Crippen LogP contribution in [-0.2, 0) is 0 Å². The number of para-hydroxylation sites is 1. The maximum atomic E-state index is 5.77. The van der Waals surface area contributed by atoms with Crippen molar-refractivity contribution in [3.8, 4) is 16.9 Å². The molecule has 0 saturated carbocycles. The van der Waals surface area contributed by atoms with Crippen LogP contribution < -0.4 is 10.5 Å². The van der Waals surface area contributed by atoms with E-state index in [0.717, 1.165) is 35.6 Å². The highest BCUT2D eigenvalue weighted by atomic mass is 16.5. The minimum Gasteiger partial charge on any atom is -0.493 e. The Morgan fingerprint density at radius 1 is 1.11 bits per heavy atom. The number of hydrogen-bond donors (Lipinski definition) is 1. The van der Waals surface area contributed by atoms with Crippen molar-refractivity contribution in [1.29, 1.82) is 0 Å². The standard InChI is InChI=1S/C15H18N2O/c1-3-10-18-14-7-5-4-6-13(14)12-8-9-15(16)17-11(12)2/h4-9H,3,10H2,1-2H3,(H2,16,17). The van der Waals surface area contributed by atoms with Crippen molar-refractivity contribution in [2.24, 2.45) is 0 Å². The molecule has 0 saturated heterocycles. The number of rotatable bonds is 4. The highest BCUT2D eigenvalue weighted by molar-refractivity contribution is 5.72. The van der Waals surface area contributed by atoms with Gasteiger partial charge in [0.05, 0.1) is 6.61 Å². The van der Waals surface area contributed by atoms with E-state index in [4.69, 9.17) is 10.5 Å². The zero-order chi connectivity index (χ0) is 13.0. The topological polar surface area (TPSA) is 48.1 Å². The predicted molar refractivity (Wildman–Crippen MR) is 74.6 cm³/mol. The van der Waals surface area contributed by atoms with Crippen LogP contribution in [0.25, 0.3) is 11.1 Å². The number of benzene rings is 1. The predicted octanol–water partition coefficient (Wildman–Crippen LogP) is 3.43. The molecule has 18 heavy (non-hydrogen) atoms. The van der Waals surface area contributed by atoms with Gasteiger partial charge in [0, 0.05) is 16.8 Å². The van der Waals surface area contributed by atoms with Gasteiger partial charge < -0.3 is 10.5 Å². The Kier molecular flexibility index (Phi) is 3.82. The lowest BCUT2D eigenvalue weighted by Crippen LogP contribution is -1.99. The number of aromatic nitrogens is 1. The molecule has 0 fully saturated rings. The van der Waals surface area contributed by atoms with Crippen LogP contribution >= 0.6 is 0 Å². The second-order valence-corrected chi connectivity index (χ2v) is 4.21. The molecule has 0 radical (unpaired) electrons. The maximum Gasteiger partial charge on any atom is 0.127 e. The monoisotopic (exact) mass is 242 g/mol. The fourth-order valence-corrected chi connectivity index (χ4v) is 1.89. The van der Waals surface area contributed by atoms with Crippen LogP contribution in [0.2, 0.25) is 0 Å². The van der Waals surface area contributed by atoms with Gasteiger partial charge in [-0.25, -0.2) is 4.98 Å².